The van der Waals surface area contributed by atoms with Crippen LogP contribution in [0.1, 0.15) is 27.7 Å². The lowest BCUT2D eigenvalue weighted by molar-refractivity contribution is -0.211. The third-order valence-electron chi connectivity index (χ3n) is 2.62. The number of rotatable bonds is 4. The van der Waals surface area contributed by atoms with E-state index >= 15 is 0 Å². The van der Waals surface area contributed by atoms with E-state index in [2.05, 4.69) is 13.8 Å². The summed E-state index contributed by atoms with van der Waals surface area (Å²) < 4.78 is 16.5. The number of hydrogen-bond acceptors (Lipinski definition) is 3. The lowest BCUT2D eigenvalue weighted by Crippen LogP contribution is -2.19. The summed E-state index contributed by atoms with van der Waals surface area (Å²) >= 11 is 0. The second-order valence-corrected chi connectivity index (χ2v) is 3.50. The van der Waals surface area contributed by atoms with Crippen molar-refractivity contribution < 1.29 is 14.2 Å². The van der Waals surface area contributed by atoms with Crippen LogP contribution in [0, 0.1) is 11.8 Å². The molecular weight excluding hydrogens is 168 g/mol. The third-order valence-corrected chi connectivity index (χ3v) is 2.62. The van der Waals surface area contributed by atoms with Gasteiger partial charge in [0.2, 0.25) is 0 Å². The van der Waals surface area contributed by atoms with Gasteiger partial charge < -0.3 is 14.2 Å². The van der Waals surface area contributed by atoms with Crippen molar-refractivity contribution in [3.63, 3.8) is 0 Å². The van der Waals surface area contributed by atoms with Gasteiger partial charge in [0.05, 0.1) is 0 Å². The van der Waals surface area contributed by atoms with Gasteiger partial charge in [-0.1, -0.05) is 13.8 Å². The molecule has 0 bridgehead atoms. The van der Waals surface area contributed by atoms with Crippen molar-refractivity contribution >= 4 is 0 Å². The smallest absolute Gasteiger partial charge is 0.163 e. The maximum Gasteiger partial charge on any atom is 0.163 e. The number of hydrogen-bond donors (Lipinski definition) is 0. The van der Waals surface area contributed by atoms with Crippen LogP contribution in [0.2, 0.25) is 0 Å². The molecule has 0 N–H and O–H groups in total. The van der Waals surface area contributed by atoms with Crippen LogP contribution >= 0.6 is 0 Å². The van der Waals surface area contributed by atoms with Crippen molar-refractivity contribution in [3.05, 3.63) is 0 Å². The van der Waals surface area contributed by atoms with Crippen molar-refractivity contribution in [2.45, 2.75) is 40.3 Å². The molecule has 1 saturated heterocycles. The van der Waals surface area contributed by atoms with Gasteiger partial charge in [0.1, 0.15) is 0 Å². The molecule has 0 aliphatic carbocycles. The van der Waals surface area contributed by atoms with Crippen LogP contribution in [0.4, 0.5) is 0 Å². The Morgan fingerprint density at radius 2 is 1.31 bits per heavy atom. The summed E-state index contributed by atoms with van der Waals surface area (Å²) in [5.41, 5.74) is 0. The predicted molar refractivity (Wildman–Crippen MR) is 50.2 cm³/mol. The molecule has 0 aromatic heterocycles. The van der Waals surface area contributed by atoms with Crippen LogP contribution < -0.4 is 0 Å². The van der Waals surface area contributed by atoms with Crippen molar-refractivity contribution in [2.24, 2.45) is 11.8 Å². The van der Waals surface area contributed by atoms with Gasteiger partial charge in [0, 0.05) is 25.0 Å². The highest BCUT2D eigenvalue weighted by Gasteiger charge is 2.39. The maximum absolute atomic E-state index is 5.62. The molecule has 1 aliphatic heterocycles. The van der Waals surface area contributed by atoms with Gasteiger partial charge in [0.25, 0.3) is 0 Å². The molecule has 0 aromatic rings. The molecule has 13 heavy (non-hydrogen) atoms. The van der Waals surface area contributed by atoms with Crippen LogP contribution in [0.25, 0.3) is 0 Å². The SMILES string of the molecule is CCOC1OC(OCC)C(C)C1C. The van der Waals surface area contributed by atoms with Gasteiger partial charge in [-0.05, 0) is 13.8 Å². The summed E-state index contributed by atoms with van der Waals surface area (Å²) in [7, 11) is 0. The molecule has 0 aromatic carbocycles. The van der Waals surface area contributed by atoms with Gasteiger partial charge in [-0.2, -0.15) is 0 Å². The van der Waals surface area contributed by atoms with E-state index in [1.54, 1.807) is 0 Å². The molecule has 4 atom stereocenters. The monoisotopic (exact) mass is 188 g/mol. The average Bonchev–Trinajstić information content (AvgIpc) is 2.36. The Morgan fingerprint density at radius 3 is 1.62 bits per heavy atom. The largest absolute Gasteiger partial charge is 0.353 e. The summed E-state index contributed by atoms with van der Waals surface area (Å²) in [6.45, 7) is 9.64. The number of ether oxygens (including phenoxy) is 3. The minimum Gasteiger partial charge on any atom is -0.353 e. The molecule has 3 nitrogen and oxygen atoms in total. The van der Waals surface area contributed by atoms with Crippen molar-refractivity contribution in [3.8, 4) is 0 Å². The van der Waals surface area contributed by atoms with Crippen molar-refractivity contribution in [2.75, 3.05) is 13.2 Å². The molecular formula is C10H20O3. The highest BCUT2D eigenvalue weighted by Crippen LogP contribution is 2.33. The molecule has 1 fully saturated rings. The molecule has 3 heteroatoms. The second kappa shape index (κ2) is 4.94. The van der Waals surface area contributed by atoms with E-state index < -0.39 is 0 Å². The Balaban J connectivity index is 2.45. The van der Waals surface area contributed by atoms with E-state index in [1.165, 1.54) is 0 Å². The first-order valence-corrected chi connectivity index (χ1v) is 5.09. The molecule has 1 rings (SSSR count). The fraction of sp³-hybridized carbons (Fsp3) is 1.00. The van der Waals surface area contributed by atoms with Crippen LogP contribution in [0.3, 0.4) is 0 Å². The van der Waals surface area contributed by atoms with Gasteiger partial charge >= 0.3 is 0 Å². The molecule has 0 radical (unpaired) electrons. The Labute approximate surface area is 80.4 Å². The van der Waals surface area contributed by atoms with Gasteiger partial charge in [-0.15, -0.1) is 0 Å². The topological polar surface area (TPSA) is 27.7 Å². The summed E-state index contributed by atoms with van der Waals surface area (Å²) in [6, 6.07) is 0. The van der Waals surface area contributed by atoms with Gasteiger partial charge in [0.15, 0.2) is 12.6 Å². The first kappa shape index (κ1) is 11.0. The Hall–Kier alpha value is -0.120. The predicted octanol–water partition coefficient (Wildman–Crippen LogP) is 2.01. The Bertz CT molecular complexity index is 133. The Kier molecular flexibility index (Phi) is 4.16. The lowest BCUT2D eigenvalue weighted by Gasteiger charge is -2.14. The van der Waals surface area contributed by atoms with Gasteiger partial charge in [-0.3, -0.25) is 0 Å². The molecule has 0 spiro atoms. The molecule has 4 unspecified atom stereocenters. The third kappa shape index (κ3) is 2.42. The maximum atomic E-state index is 5.62. The molecule has 78 valence electrons. The highest BCUT2D eigenvalue weighted by atomic mass is 16.8. The summed E-state index contributed by atoms with van der Waals surface area (Å²) in [6.07, 6.45) is -0.173. The van der Waals surface area contributed by atoms with Crippen molar-refractivity contribution in [1.29, 1.82) is 0 Å². The zero-order valence-electron chi connectivity index (χ0n) is 8.95. The lowest BCUT2D eigenvalue weighted by atomic mass is 9.98. The summed E-state index contributed by atoms with van der Waals surface area (Å²) in [4.78, 5) is 0. The minimum absolute atomic E-state index is 0.0865. The zero-order valence-corrected chi connectivity index (χ0v) is 8.95. The quantitative estimate of drug-likeness (QED) is 0.675. The molecule has 1 aliphatic rings. The highest BCUT2D eigenvalue weighted by molar-refractivity contribution is 4.76. The van der Waals surface area contributed by atoms with Crippen molar-refractivity contribution in [1.82, 2.24) is 0 Å². The van der Waals surface area contributed by atoms with E-state index in [9.17, 15) is 0 Å². The minimum atomic E-state index is -0.0865. The van der Waals surface area contributed by atoms with E-state index in [0.29, 0.717) is 25.0 Å². The summed E-state index contributed by atoms with van der Waals surface area (Å²) in [5.74, 6) is 0.827. The first-order valence-electron chi connectivity index (χ1n) is 5.09. The van der Waals surface area contributed by atoms with Crippen LogP contribution in [-0.4, -0.2) is 25.8 Å². The van der Waals surface area contributed by atoms with Crippen LogP contribution in [-0.2, 0) is 14.2 Å². The summed E-state index contributed by atoms with van der Waals surface area (Å²) in [5, 5.41) is 0. The molecule has 0 amide bonds. The van der Waals surface area contributed by atoms with E-state index in [1.807, 2.05) is 13.8 Å². The average molecular weight is 188 g/mol. The first-order chi connectivity index (χ1) is 6.20. The standard InChI is InChI=1S/C10H20O3/c1-5-11-9-7(3)8(4)10(13-9)12-6-2/h7-10H,5-6H2,1-4H3. The fourth-order valence-corrected chi connectivity index (χ4v) is 1.59. The van der Waals surface area contributed by atoms with E-state index in [-0.39, 0.29) is 12.6 Å². The normalized spacial score (nSPS) is 39.7. The Morgan fingerprint density at radius 1 is 0.923 bits per heavy atom. The fourth-order valence-electron chi connectivity index (χ4n) is 1.59. The second-order valence-electron chi connectivity index (χ2n) is 3.50. The van der Waals surface area contributed by atoms with Gasteiger partial charge in [-0.25, -0.2) is 0 Å². The van der Waals surface area contributed by atoms with Crippen LogP contribution in [0.5, 0.6) is 0 Å². The molecule has 1 heterocycles. The van der Waals surface area contributed by atoms with E-state index in [0.717, 1.165) is 0 Å². The van der Waals surface area contributed by atoms with Crippen LogP contribution in [0.15, 0.2) is 0 Å². The molecule has 0 saturated carbocycles. The van der Waals surface area contributed by atoms with E-state index in [4.69, 9.17) is 14.2 Å². The zero-order chi connectivity index (χ0) is 9.84.